The number of carbonyl (C=O) groups is 8. The Morgan fingerprint density at radius 2 is 1.60 bits per heavy atom. The van der Waals surface area contributed by atoms with Gasteiger partial charge in [0.05, 0.1) is 18.1 Å². The van der Waals surface area contributed by atoms with Crippen LogP contribution in [0.15, 0.2) is 72.3 Å². The van der Waals surface area contributed by atoms with Crippen LogP contribution in [0.5, 0.6) is 0 Å². The molecule has 0 aromatic heterocycles. The van der Waals surface area contributed by atoms with Crippen molar-refractivity contribution in [1.29, 1.82) is 0 Å². The van der Waals surface area contributed by atoms with E-state index in [2.05, 4.69) is 62.7 Å². The molecular formula is C58H74FN7O12. The van der Waals surface area contributed by atoms with Gasteiger partial charge in [-0.25, -0.2) is 9.18 Å². The van der Waals surface area contributed by atoms with E-state index in [1.807, 2.05) is 6.92 Å². The summed E-state index contributed by atoms with van der Waals surface area (Å²) in [5.41, 5.74) is 6.42. The Hall–Kier alpha value is -6.51. The molecule has 2 aromatic carbocycles. The molecule has 10 N–H and O–H groups in total. The number of carbonyl (C=O) groups excluding carboxylic acids is 7. The van der Waals surface area contributed by atoms with Gasteiger partial charge in [0.15, 0.2) is 11.6 Å². The van der Waals surface area contributed by atoms with Crippen molar-refractivity contribution in [1.82, 2.24) is 21.3 Å². The lowest BCUT2D eigenvalue weighted by atomic mass is 9.38. The van der Waals surface area contributed by atoms with Crippen LogP contribution in [0.4, 0.5) is 20.6 Å². The summed E-state index contributed by atoms with van der Waals surface area (Å²) in [4.78, 5) is 103. The Morgan fingerprint density at radius 1 is 0.910 bits per heavy atom. The number of hydrogen-bond donors (Lipinski definition) is 9. The fourth-order valence-corrected chi connectivity index (χ4v) is 15.7. The highest BCUT2D eigenvalue weighted by Gasteiger charge is 2.74. The molecule has 11 atom stereocenters. The predicted octanol–water partition coefficient (Wildman–Crippen LogP) is 3.94. The molecule has 5 amide bonds. The van der Waals surface area contributed by atoms with Gasteiger partial charge in [-0.3, -0.25) is 33.6 Å². The van der Waals surface area contributed by atoms with E-state index in [9.17, 15) is 53.7 Å². The Bertz CT molecular complexity index is 2750. The number of Topliss-reactive ketones (excluding diaryl/α,β-unsaturated/α-hetero) is 1. The van der Waals surface area contributed by atoms with E-state index in [0.717, 1.165) is 36.9 Å². The van der Waals surface area contributed by atoms with E-state index in [-0.39, 0.29) is 65.6 Å². The van der Waals surface area contributed by atoms with E-state index in [0.29, 0.717) is 68.6 Å². The van der Waals surface area contributed by atoms with E-state index < -0.39 is 95.9 Å². The van der Waals surface area contributed by atoms with Crippen LogP contribution in [-0.2, 0) is 51.3 Å². The SMILES string of the molecule is CC(=O)N[C@@H](CCCCN)C(=O)NCC(=O)N[C@@H](CCC(=O)O)C(=O)Nc1ccc(COC(=O)NC23CC(Cc4ccc(N5C[C@@H]6C[C@H]7[C@@H]8C[C@H](F)C9=CC(=O)C=C[C@]9(C)[C@H]8[C@@H](O)C[C@]7(C)[C@]6(C(=O)CO)C5)cc4)(C2)C3)cc1. The molecule has 1 heterocycles. The number of hydrogen-bond acceptors (Lipinski definition) is 13. The summed E-state index contributed by atoms with van der Waals surface area (Å²) >= 11 is 0. The Kier molecular flexibility index (Phi) is 15.8. The third-order valence-electron chi connectivity index (χ3n) is 19.0. The lowest BCUT2D eigenvalue weighted by molar-refractivity contribution is -0.160. The molecule has 2 bridgehead atoms. The Morgan fingerprint density at radius 3 is 2.27 bits per heavy atom. The van der Waals surface area contributed by atoms with Gasteiger partial charge in [-0.1, -0.05) is 44.2 Å². The first-order chi connectivity index (χ1) is 37.0. The summed E-state index contributed by atoms with van der Waals surface area (Å²) in [6, 6.07) is 12.8. The summed E-state index contributed by atoms with van der Waals surface area (Å²) in [5, 5.41) is 45.0. The largest absolute Gasteiger partial charge is 0.481 e. The van der Waals surface area contributed by atoms with Gasteiger partial charge in [0.1, 0.15) is 31.5 Å². The zero-order chi connectivity index (χ0) is 56.0. The van der Waals surface area contributed by atoms with Crippen LogP contribution in [0.1, 0.15) is 103 Å². The second-order valence-electron chi connectivity index (χ2n) is 24.0. The molecule has 1 saturated heterocycles. The topological polar surface area (TPSA) is 296 Å². The molecule has 0 radical (unpaired) electrons. The van der Waals surface area contributed by atoms with Crippen LogP contribution in [0.2, 0.25) is 0 Å². The lowest BCUT2D eigenvalue weighted by Crippen LogP contribution is -2.75. The number of nitrogens with two attached hydrogens (primary N) is 1. The molecule has 20 heteroatoms. The standard InChI is InChI=1S/C58H74FN7O12/c1-33(68)62-44(6-4-5-19-60)51(75)61-25-48(72)64-45(15-16-49(73)74)52(76)63-37-11-7-35(8-12-37)28-78-53(77)65-57-29-56(30-57,31-57)23-34-9-13-38(14-10-34)66-26-36-20-41-40-22-43(59)42-21-39(69)17-18-54(42,2)50(40)46(70)24-55(41,3)58(36,32-66)47(71)27-67/h7-14,17-18,21,36,40-41,43-46,50,67,70H,4-6,15-16,19-20,22-32,60H2,1-3H3,(H,61,75)(H,62,68)(H,63,76)(H,64,72)(H,65,77)(H,73,74)/t36-,40-,41-,43-,44-,45-,46-,50+,54-,55-,56?,57?,58+/m0/s1. The molecule has 7 aliphatic carbocycles. The number of amides is 5. The van der Waals surface area contributed by atoms with Crippen molar-refractivity contribution in [2.24, 2.45) is 51.1 Å². The number of benzene rings is 2. The summed E-state index contributed by atoms with van der Waals surface area (Å²) < 4.78 is 21.6. The number of halogens is 1. The van der Waals surface area contributed by atoms with Crippen LogP contribution >= 0.6 is 0 Å². The number of aliphatic hydroxyl groups is 2. The molecule has 78 heavy (non-hydrogen) atoms. The molecule has 7 fully saturated rings. The number of rotatable bonds is 22. The molecule has 420 valence electrons. The number of carboxylic acids is 1. The number of ether oxygens (including phenoxy) is 1. The zero-order valence-electron chi connectivity index (χ0n) is 44.6. The number of nitrogens with one attached hydrogen (secondary N) is 5. The molecule has 0 spiro atoms. The minimum atomic E-state index is -1.32. The van der Waals surface area contributed by atoms with Crippen LogP contribution < -0.4 is 37.2 Å². The molecule has 10 rings (SSSR count). The average Bonchev–Trinajstić information content (AvgIpc) is 2.77. The smallest absolute Gasteiger partial charge is 0.407 e. The number of carboxylic acid groups (broad SMARTS) is 1. The van der Waals surface area contributed by atoms with Crippen LogP contribution in [0.3, 0.4) is 0 Å². The van der Waals surface area contributed by atoms with E-state index in [1.54, 1.807) is 30.3 Å². The highest BCUT2D eigenvalue weighted by molar-refractivity contribution is 6.01. The van der Waals surface area contributed by atoms with Crippen molar-refractivity contribution in [2.75, 3.05) is 43.0 Å². The number of nitrogens with zero attached hydrogens (tertiary/aromatic N) is 1. The highest BCUT2D eigenvalue weighted by Crippen LogP contribution is 2.73. The number of alkyl halides is 1. The molecule has 19 nitrogen and oxygen atoms in total. The Labute approximate surface area is 453 Å². The second-order valence-corrected chi connectivity index (χ2v) is 24.0. The number of anilines is 2. The number of unbranched alkanes of at least 4 members (excludes halogenated alkanes) is 1. The van der Waals surface area contributed by atoms with Crippen LogP contribution in [0, 0.1) is 45.3 Å². The number of ketones is 2. The van der Waals surface area contributed by atoms with E-state index >= 15 is 4.39 Å². The van der Waals surface area contributed by atoms with Gasteiger partial charge in [0.2, 0.25) is 23.6 Å². The first-order valence-electron chi connectivity index (χ1n) is 27.4. The second kappa shape index (κ2) is 22.0. The van der Waals surface area contributed by atoms with Crippen molar-refractivity contribution in [3.63, 3.8) is 0 Å². The number of aliphatic hydroxyl groups excluding tert-OH is 2. The highest BCUT2D eigenvalue weighted by atomic mass is 19.1. The summed E-state index contributed by atoms with van der Waals surface area (Å²) in [7, 11) is 0. The van der Waals surface area contributed by atoms with Crippen LogP contribution in [-0.4, -0.2) is 125 Å². The first-order valence-corrected chi connectivity index (χ1v) is 27.4. The van der Waals surface area contributed by atoms with Gasteiger partial charge in [0, 0.05) is 54.7 Å². The predicted molar refractivity (Wildman–Crippen MR) is 284 cm³/mol. The molecule has 8 aliphatic rings. The first kappa shape index (κ1) is 56.2. The maximum Gasteiger partial charge on any atom is 0.407 e. The minimum Gasteiger partial charge on any atom is -0.481 e. The Balaban J connectivity index is 0.728. The van der Waals surface area contributed by atoms with E-state index in [1.165, 1.54) is 19.1 Å². The number of aliphatic carboxylic acids is 1. The lowest BCUT2D eigenvalue weighted by Gasteiger charge is -2.70. The third kappa shape index (κ3) is 10.7. The van der Waals surface area contributed by atoms with Crippen molar-refractivity contribution >= 4 is 58.6 Å². The zero-order valence-corrected chi connectivity index (χ0v) is 44.6. The van der Waals surface area contributed by atoms with Crippen molar-refractivity contribution < 1.29 is 62.8 Å². The molecular weight excluding hydrogens is 1010 g/mol. The van der Waals surface area contributed by atoms with Gasteiger partial charge in [-0.2, -0.15) is 0 Å². The van der Waals surface area contributed by atoms with Gasteiger partial charge >= 0.3 is 12.1 Å². The molecule has 6 saturated carbocycles. The number of alkyl carbamates (subject to hydrolysis) is 1. The number of allylic oxidation sites excluding steroid dienone is 4. The average molecular weight is 1080 g/mol. The maximum atomic E-state index is 16.1. The fraction of sp³-hybridized carbons (Fsp3) is 0.586. The molecule has 1 aliphatic heterocycles. The fourth-order valence-electron chi connectivity index (χ4n) is 15.7. The maximum absolute atomic E-state index is 16.1. The molecule has 0 unspecified atom stereocenters. The van der Waals surface area contributed by atoms with Gasteiger partial charge in [-0.05, 0) is 159 Å². The minimum absolute atomic E-state index is 0.0364. The van der Waals surface area contributed by atoms with Crippen LogP contribution in [0.25, 0.3) is 0 Å². The van der Waals surface area contributed by atoms with Crippen molar-refractivity contribution in [2.45, 2.75) is 134 Å². The van der Waals surface area contributed by atoms with Gasteiger partial charge in [0.25, 0.3) is 0 Å². The van der Waals surface area contributed by atoms with Gasteiger partial charge < -0.3 is 57.3 Å². The normalized spacial score (nSPS) is 32.5. The summed E-state index contributed by atoms with van der Waals surface area (Å²) in [6.45, 7) is 5.54. The third-order valence-corrected chi connectivity index (χ3v) is 19.0. The van der Waals surface area contributed by atoms with Gasteiger partial charge in [-0.15, -0.1) is 0 Å². The number of fused-ring (bicyclic) bond motifs is 7. The van der Waals surface area contributed by atoms with Crippen molar-refractivity contribution in [3.05, 3.63) is 83.5 Å². The van der Waals surface area contributed by atoms with E-state index in [4.69, 9.17) is 10.5 Å². The summed E-state index contributed by atoms with van der Waals surface area (Å²) in [6.07, 6.45) is 7.37. The monoisotopic (exact) mass is 1080 g/mol. The summed E-state index contributed by atoms with van der Waals surface area (Å²) in [5.74, 6) is -4.67. The van der Waals surface area contributed by atoms with Crippen molar-refractivity contribution in [3.8, 4) is 0 Å². The quantitative estimate of drug-likeness (QED) is 0.0756. The molecule has 2 aromatic rings.